The number of rotatable bonds is 3. The van der Waals surface area contributed by atoms with E-state index < -0.39 is 10.8 Å². The zero-order chi connectivity index (χ0) is 15.0. The molecular formula is C17H12Br2O2. The summed E-state index contributed by atoms with van der Waals surface area (Å²) in [6.45, 7) is 0. The fourth-order valence-corrected chi connectivity index (χ4v) is 3.31. The fraction of sp³-hybridized carbons (Fsp3) is 0.118. The van der Waals surface area contributed by atoms with Crippen LogP contribution in [0.1, 0.15) is 10.4 Å². The van der Waals surface area contributed by atoms with Crippen molar-refractivity contribution in [1.82, 2.24) is 0 Å². The molecule has 3 aromatic rings. The van der Waals surface area contributed by atoms with Crippen LogP contribution < -0.4 is 0 Å². The smallest absolute Gasteiger partial charge is 0.318 e. The summed E-state index contributed by atoms with van der Waals surface area (Å²) < 4.78 is 0. The number of aliphatic carboxylic acids is 1. The molecule has 21 heavy (non-hydrogen) atoms. The second kappa shape index (κ2) is 5.78. The van der Waals surface area contributed by atoms with Crippen molar-refractivity contribution < 1.29 is 9.90 Å². The van der Waals surface area contributed by atoms with Crippen LogP contribution in [0.25, 0.3) is 21.5 Å². The lowest BCUT2D eigenvalue weighted by molar-refractivity contribution is -0.136. The zero-order valence-corrected chi connectivity index (χ0v) is 14.1. The van der Waals surface area contributed by atoms with Crippen LogP contribution in [0.4, 0.5) is 0 Å². The fourth-order valence-electron chi connectivity index (χ4n) is 2.50. The van der Waals surface area contributed by atoms with Crippen LogP contribution in [0.15, 0.2) is 54.6 Å². The Kier molecular flexibility index (Phi) is 4.00. The summed E-state index contributed by atoms with van der Waals surface area (Å²) in [6, 6.07) is 18.5. The Labute approximate surface area is 139 Å². The Bertz CT molecular complexity index is 829. The van der Waals surface area contributed by atoms with Gasteiger partial charge in [-0.2, -0.15) is 0 Å². The Morgan fingerprint density at radius 3 is 2.33 bits per heavy atom. The third-order valence-corrected chi connectivity index (χ3v) is 6.27. The lowest BCUT2D eigenvalue weighted by Crippen LogP contribution is -2.17. The van der Waals surface area contributed by atoms with Crippen LogP contribution >= 0.6 is 31.9 Å². The Balaban J connectivity index is 2.13. The number of hydrogen-bond acceptors (Lipinski definition) is 1. The molecule has 2 atom stereocenters. The number of alkyl halides is 2. The molecule has 0 aliphatic rings. The topological polar surface area (TPSA) is 37.3 Å². The van der Waals surface area contributed by atoms with Gasteiger partial charge in [0.05, 0.1) is 4.83 Å². The monoisotopic (exact) mass is 406 g/mol. The van der Waals surface area contributed by atoms with E-state index in [9.17, 15) is 4.79 Å². The second-order valence-electron chi connectivity index (χ2n) is 4.91. The molecular weight excluding hydrogens is 396 g/mol. The molecule has 0 spiro atoms. The quantitative estimate of drug-likeness (QED) is 0.473. The SMILES string of the molecule is O=C(O)C(Br)C(Br)c1ccc2c(ccc3ccccc32)c1. The molecule has 4 heteroatoms. The molecule has 0 radical (unpaired) electrons. The summed E-state index contributed by atoms with van der Waals surface area (Å²) in [5, 5.41) is 13.8. The van der Waals surface area contributed by atoms with Crippen LogP contribution in [-0.4, -0.2) is 15.9 Å². The Hall–Kier alpha value is -1.39. The molecule has 3 rings (SSSR count). The highest BCUT2D eigenvalue weighted by Gasteiger charge is 2.24. The van der Waals surface area contributed by atoms with Crippen molar-refractivity contribution in [3.05, 3.63) is 60.2 Å². The molecule has 3 aromatic carbocycles. The van der Waals surface area contributed by atoms with Crippen molar-refractivity contribution in [3.63, 3.8) is 0 Å². The molecule has 0 saturated carbocycles. The van der Waals surface area contributed by atoms with E-state index >= 15 is 0 Å². The van der Waals surface area contributed by atoms with Crippen LogP contribution in [0, 0.1) is 0 Å². The molecule has 0 saturated heterocycles. The van der Waals surface area contributed by atoms with E-state index in [0.29, 0.717) is 0 Å². The van der Waals surface area contributed by atoms with Gasteiger partial charge in [0.1, 0.15) is 4.83 Å². The first kappa shape index (κ1) is 14.5. The van der Waals surface area contributed by atoms with Crippen molar-refractivity contribution in [3.8, 4) is 0 Å². The number of hydrogen-bond donors (Lipinski definition) is 1. The number of fused-ring (bicyclic) bond motifs is 3. The van der Waals surface area contributed by atoms with Gasteiger partial charge in [-0.3, -0.25) is 4.79 Å². The van der Waals surface area contributed by atoms with Crippen molar-refractivity contribution in [1.29, 1.82) is 0 Å². The summed E-state index contributed by atoms with van der Waals surface area (Å²) >= 11 is 6.66. The lowest BCUT2D eigenvalue weighted by atomic mass is 9.99. The van der Waals surface area contributed by atoms with Gasteiger partial charge in [0.2, 0.25) is 0 Å². The lowest BCUT2D eigenvalue weighted by Gasteiger charge is -2.14. The molecule has 106 valence electrons. The van der Waals surface area contributed by atoms with Gasteiger partial charge in [-0.05, 0) is 33.2 Å². The van der Waals surface area contributed by atoms with Crippen molar-refractivity contribution in [2.24, 2.45) is 0 Å². The first-order valence-corrected chi connectivity index (χ1v) is 8.33. The maximum atomic E-state index is 11.1. The minimum Gasteiger partial charge on any atom is -0.480 e. The maximum Gasteiger partial charge on any atom is 0.318 e. The molecule has 0 fully saturated rings. The van der Waals surface area contributed by atoms with Crippen LogP contribution in [0.2, 0.25) is 0 Å². The highest BCUT2D eigenvalue weighted by molar-refractivity contribution is 9.12. The number of carbonyl (C=O) groups is 1. The maximum absolute atomic E-state index is 11.1. The minimum absolute atomic E-state index is 0.272. The molecule has 0 bridgehead atoms. The van der Waals surface area contributed by atoms with Crippen molar-refractivity contribution in [2.45, 2.75) is 9.65 Å². The molecule has 0 heterocycles. The number of benzene rings is 3. The average Bonchev–Trinajstić information content (AvgIpc) is 2.52. The molecule has 2 nitrogen and oxygen atoms in total. The van der Waals surface area contributed by atoms with Gasteiger partial charge in [0.25, 0.3) is 0 Å². The average molecular weight is 408 g/mol. The second-order valence-corrected chi connectivity index (χ2v) is 6.88. The van der Waals surface area contributed by atoms with Gasteiger partial charge >= 0.3 is 5.97 Å². The third kappa shape index (κ3) is 2.70. The van der Waals surface area contributed by atoms with E-state index in [1.165, 1.54) is 16.2 Å². The van der Waals surface area contributed by atoms with Gasteiger partial charge < -0.3 is 5.11 Å². The normalized spacial score (nSPS) is 14.2. The van der Waals surface area contributed by atoms with E-state index in [1.54, 1.807) is 0 Å². The largest absolute Gasteiger partial charge is 0.480 e. The highest BCUT2D eigenvalue weighted by Crippen LogP contribution is 2.34. The van der Waals surface area contributed by atoms with E-state index in [0.717, 1.165) is 10.9 Å². The summed E-state index contributed by atoms with van der Waals surface area (Å²) in [4.78, 5) is 10.1. The van der Waals surface area contributed by atoms with Gasteiger partial charge in [-0.25, -0.2) is 0 Å². The molecule has 2 unspecified atom stereocenters. The van der Waals surface area contributed by atoms with Crippen LogP contribution in [0.3, 0.4) is 0 Å². The van der Waals surface area contributed by atoms with Crippen molar-refractivity contribution >= 4 is 59.4 Å². The van der Waals surface area contributed by atoms with Gasteiger partial charge in [0.15, 0.2) is 0 Å². The van der Waals surface area contributed by atoms with E-state index in [2.05, 4.69) is 62.2 Å². The highest BCUT2D eigenvalue weighted by atomic mass is 79.9. The van der Waals surface area contributed by atoms with Crippen molar-refractivity contribution in [2.75, 3.05) is 0 Å². The third-order valence-electron chi connectivity index (χ3n) is 3.58. The first-order valence-electron chi connectivity index (χ1n) is 6.50. The molecule has 1 N–H and O–H groups in total. The number of carboxylic acid groups (broad SMARTS) is 1. The molecule has 0 aliphatic heterocycles. The number of carboxylic acids is 1. The minimum atomic E-state index is -0.879. The van der Waals surface area contributed by atoms with E-state index in [4.69, 9.17) is 5.11 Å². The number of halogens is 2. The summed E-state index contributed by atoms with van der Waals surface area (Å²) in [5.74, 6) is -0.879. The summed E-state index contributed by atoms with van der Waals surface area (Å²) in [6.07, 6.45) is 0. The summed E-state index contributed by atoms with van der Waals surface area (Å²) in [5.41, 5.74) is 0.946. The van der Waals surface area contributed by atoms with Gasteiger partial charge in [-0.15, -0.1) is 0 Å². The molecule has 0 amide bonds. The zero-order valence-electron chi connectivity index (χ0n) is 11.0. The standard InChI is InChI=1S/C17H12Br2O2/c18-15(16(19)17(20)21)12-7-8-14-11(9-12)6-5-10-3-1-2-4-13(10)14/h1-9,15-16H,(H,20,21). The Morgan fingerprint density at radius 2 is 1.57 bits per heavy atom. The molecule has 0 aliphatic carbocycles. The summed E-state index contributed by atoms with van der Waals surface area (Å²) in [7, 11) is 0. The Morgan fingerprint density at radius 1 is 0.905 bits per heavy atom. The van der Waals surface area contributed by atoms with Gasteiger partial charge in [0, 0.05) is 0 Å². The predicted molar refractivity (Wildman–Crippen MR) is 93.5 cm³/mol. The van der Waals surface area contributed by atoms with Crippen LogP contribution in [0.5, 0.6) is 0 Å². The molecule has 0 aromatic heterocycles. The van der Waals surface area contributed by atoms with Gasteiger partial charge in [-0.1, -0.05) is 80.4 Å². The van der Waals surface area contributed by atoms with E-state index in [1.807, 2.05) is 24.3 Å². The first-order chi connectivity index (χ1) is 10.1. The van der Waals surface area contributed by atoms with E-state index in [-0.39, 0.29) is 4.83 Å². The van der Waals surface area contributed by atoms with Crippen LogP contribution in [-0.2, 0) is 4.79 Å². The predicted octanol–water partition coefficient (Wildman–Crippen LogP) is 5.28.